The van der Waals surface area contributed by atoms with E-state index in [1.807, 2.05) is 37.3 Å². The third kappa shape index (κ3) is 3.26. The van der Waals surface area contributed by atoms with Gasteiger partial charge in [0.15, 0.2) is 0 Å². The topological polar surface area (TPSA) is 59.8 Å². The van der Waals surface area contributed by atoms with Crippen LogP contribution in [0.15, 0.2) is 40.9 Å². The van der Waals surface area contributed by atoms with Gasteiger partial charge in [0, 0.05) is 22.4 Å². The molecule has 1 aliphatic rings. The Hall–Kier alpha value is -1.93. The summed E-state index contributed by atoms with van der Waals surface area (Å²) in [4.78, 5) is 17.2. The maximum absolute atomic E-state index is 12.5. The van der Waals surface area contributed by atoms with Crippen molar-refractivity contribution in [1.82, 2.24) is 14.8 Å². The van der Waals surface area contributed by atoms with Crippen LogP contribution in [-0.2, 0) is 4.79 Å². The minimum atomic E-state index is -0.147. The number of aromatic nitrogens is 3. The van der Waals surface area contributed by atoms with Gasteiger partial charge >= 0.3 is 0 Å². The first-order valence-corrected chi connectivity index (χ1v) is 11.2. The smallest absolute Gasteiger partial charge is 0.226 e. The second kappa shape index (κ2) is 7.09. The molecule has 1 aliphatic heterocycles. The van der Waals surface area contributed by atoms with Crippen molar-refractivity contribution in [2.45, 2.75) is 19.3 Å². The number of hydrogen-bond acceptors (Lipinski definition) is 4. The molecule has 5 rings (SSSR count). The summed E-state index contributed by atoms with van der Waals surface area (Å²) >= 11 is 17.3. The molecule has 3 heterocycles. The van der Waals surface area contributed by atoms with E-state index in [1.54, 1.807) is 10.7 Å². The highest BCUT2D eigenvalue weighted by Gasteiger charge is 2.33. The fourth-order valence-electron chi connectivity index (χ4n) is 3.68. The highest BCUT2D eigenvalue weighted by Crippen LogP contribution is 2.42. The first-order chi connectivity index (χ1) is 13.9. The van der Waals surface area contributed by atoms with E-state index in [2.05, 4.69) is 21.2 Å². The molecule has 0 bridgehead atoms. The van der Waals surface area contributed by atoms with Gasteiger partial charge in [-0.25, -0.2) is 4.98 Å². The molecule has 0 radical (unpaired) electrons. The fourth-order valence-corrected chi connectivity index (χ4v) is 5.46. The Bertz CT molecular complexity index is 1300. The van der Waals surface area contributed by atoms with Crippen LogP contribution in [0.4, 0.5) is 5.82 Å². The van der Waals surface area contributed by atoms with Gasteiger partial charge in [-0.2, -0.15) is 9.78 Å². The number of nitrogens with one attached hydrogen (secondary N) is 1. The van der Waals surface area contributed by atoms with Crippen molar-refractivity contribution < 1.29 is 4.79 Å². The van der Waals surface area contributed by atoms with Crippen LogP contribution < -0.4 is 5.32 Å². The largest absolute Gasteiger partial charge is 0.310 e. The number of thiazole rings is 1. The molecular formula is C20H13BrCl2N4OS. The highest BCUT2D eigenvalue weighted by atomic mass is 79.9. The van der Waals surface area contributed by atoms with Crippen molar-refractivity contribution in [3.63, 3.8) is 0 Å². The van der Waals surface area contributed by atoms with Crippen molar-refractivity contribution in [3.8, 4) is 5.13 Å². The van der Waals surface area contributed by atoms with E-state index in [1.165, 1.54) is 11.3 Å². The molecule has 9 heteroatoms. The molecule has 2 aromatic heterocycles. The van der Waals surface area contributed by atoms with Crippen molar-refractivity contribution in [3.05, 3.63) is 67.7 Å². The van der Waals surface area contributed by atoms with Gasteiger partial charge in [-0.3, -0.25) is 4.79 Å². The second-order valence-electron chi connectivity index (χ2n) is 6.85. The number of rotatable bonds is 2. The lowest BCUT2D eigenvalue weighted by Crippen LogP contribution is -2.24. The van der Waals surface area contributed by atoms with E-state index < -0.39 is 0 Å². The highest BCUT2D eigenvalue weighted by molar-refractivity contribution is 9.10. The van der Waals surface area contributed by atoms with E-state index >= 15 is 0 Å². The van der Waals surface area contributed by atoms with Crippen LogP contribution in [0.5, 0.6) is 0 Å². The molecule has 0 spiro atoms. The Morgan fingerprint density at radius 1 is 1.21 bits per heavy atom. The third-order valence-electron chi connectivity index (χ3n) is 4.97. The standard InChI is InChI=1S/C20H13BrCl2N4OS/c1-9-18-12(10-2-4-13(22)14(23)6-10)8-17(28)25-19(18)27(26-9)20-24-15-5-3-11(21)7-16(15)29-20/h2-7,12H,8H2,1H3,(H,25,28)/t12-/m1/s1. The Labute approximate surface area is 188 Å². The summed E-state index contributed by atoms with van der Waals surface area (Å²) in [6, 6.07) is 11.4. The number of aryl methyl sites for hydroxylation is 1. The summed E-state index contributed by atoms with van der Waals surface area (Å²) < 4.78 is 3.76. The lowest BCUT2D eigenvalue weighted by molar-refractivity contribution is -0.116. The third-order valence-corrected chi connectivity index (χ3v) is 7.19. The van der Waals surface area contributed by atoms with Gasteiger partial charge in [-0.15, -0.1) is 0 Å². The van der Waals surface area contributed by atoms with Gasteiger partial charge in [0.05, 0.1) is 26.0 Å². The Balaban J connectivity index is 1.67. The van der Waals surface area contributed by atoms with Crippen molar-refractivity contribution in [2.24, 2.45) is 0 Å². The normalized spacial score (nSPS) is 16.1. The fraction of sp³-hybridized carbons (Fsp3) is 0.150. The zero-order chi connectivity index (χ0) is 20.3. The molecule has 0 unspecified atom stereocenters. The number of fused-ring (bicyclic) bond motifs is 2. The van der Waals surface area contributed by atoms with Crippen LogP contribution in [-0.4, -0.2) is 20.7 Å². The number of nitrogens with zero attached hydrogens (tertiary/aromatic N) is 3. The monoisotopic (exact) mass is 506 g/mol. The van der Waals surface area contributed by atoms with Crippen LogP contribution in [0.25, 0.3) is 15.3 Å². The molecule has 1 N–H and O–H groups in total. The average molecular weight is 508 g/mol. The zero-order valence-electron chi connectivity index (χ0n) is 15.0. The van der Waals surface area contributed by atoms with Gasteiger partial charge in [-0.1, -0.05) is 56.5 Å². The van der Waals surface area contributed by atoms with Crippen LogP contribution in [0.2, 0.25) is 10.0 Å². The molecule has 146 valence electrons. The number of amides is 1. The summed E-state index contributed by atoms with van der Waals surface area (Å²) in [5.74, 6) is 0.442. The molecule has 0 fully saturated rings. The molecule has 4 aromatic rings. The van der Waals surface area contributed by atoms with Crippen LogP contribution >= 0.6 is 50.5 Å². The molecule has 0 saturated heterocycles. The summed E-state index contributed by atoms with van der Waals surface area (Å²) in [6.07, 6.45) is 0.324. The van der Waals surface area contributed by atoms with Gasteiger partial charge in [0.2, 0.25) is 11.0 Å². The first-order valence-electron chi connectivity index (χ1n) is 8.81. The molecular weight excluding hydrogens is 495 g/mol. The minimum Gasteiger partial charge on any atom is -0.310 e. The summed E-state index contributed by atoms with van der Waals surface area (Å²) in [5, 5.41) is 9.37. The Morgan fingerprint density at radius 2 is 2.03 bits per heavy atom. The van der Waals surface area contributed by atoms with E-state index in [4.69, 9.17) is 33.3 Å². The first kappa shape index (κ1) is 19.1. The van der Waals surface area contributed by atoms with Crippen molar-refractivity contribution in [2.75, 3.05) is 5.32 Å². The SMILES string of the molecule is Cc1nn(-c2nc3ccc(Br)cc3s2)c2c1[C@@H](c1ccc(Cl)c(Cl)c1)CC(=O)N2. The number of carbonyl (C=O) groups is 1. The molecule has 5 nitrogen and oxygen atoms in total. The average Bonchev–Trinajstić information content (AvgIpc) is 3.24. The van der Waals surface area contributed by atoms with Gasteiger partial charge in [-0.05, 0) is 42.8 Å². The molecule has 0 saturated carbocycles. The number of halogens is 3. The molecule has 1 atom stereocenters. The number of anilines is 1. The minimum absolute atomic E-state index is 0.0708. The summed E-state index contributed by atoms with van der Waals surface area (Å²) in [5.41, 5.74) is 3.64. The van der Waals surface area contributed by atoms with E-state index in [0.29, 0.717) is 27.4 Å². The number of carbonyl (C=O) groups excluding carboxylic acids is 1. The lowest BCUT2D eigenvalue weighted by atomic mass is 9.86. The summed E-state index contributed by atoms with van der Waals surface area (Å²) in [7, 11) is 0. The Morgan fingerprint density at radius 3 is 2.83 bits per heavy atom. The van der Waals surface area contributed by atoms with Crippen molar-refractivity contribution in [1.29, 1.82) is 0 Å². The molecule has 2 aromatic carbocycles. The molecule has 0 aliphatic carbocycles. The second-order valence-corrected chi connectivity index (χ2v) is 9.59. The van der Waals surface area contributed by atoms with Crippen LogP contribution in [0.1, 0.15) is 29.2 Å². The maximum atomic E-state index is 12.5. The molecule has 29 heavy (non-hydrogen) atoms. The predicted octanol–water partition coefficient (Wildman–Crippen LogP) is 6.33. The van der Waals surface area contributed by atoms with Crippen molar-refractivity contribution >= 4 is 72.4 Å². The van der Waals surface area contributed by atoms with E-state index in [9.17, 15) is 4.79 Å². The number of hydrogen-bond donors (Lipinski definition) is 1. The van der Waals surface area contributed by atoms with Gasteiger partial charge in [0.25, 0.3) is 0 Å². The van der Waals surface area contributed by atoms with E-state index in [0.717, 1.165) is 31.5 Å². The van der Waals surface area contributed by atoms with Crippen LogP contribution in [0, 0.1) is 6.92 Å². The predicted molar refractivity (Wildman–Crippen MR) is 121 cm³/mol. The zero-order valence-corrected chi connectivity index (χ0v) is 19.0. The lowest BCUT2D eigenvalue weighted by Gasteiger charge is -2.24. The van der Waals surface area contributed by atoms with Gasteiger partial charge in [0.1, 0.15) is 5.82 Å². The summed E-state index contributed by atoms with van der Waals surface area (Å²) in [6.45, 7) is 1.95. The number of benzene rings is 2. The quantitative estimate of drug-likeness (QED) is 0.344. The molecule has 1 amide bonds. The maximum Gasteiger partial charge on any atom is 0.226 e. The van der Waals surface area contributed by atoms with Gasteiger partial charge < -0.3 is 5.32 Å². The van der Waals surface area contributed by atoms with E-state index in [-0.39, 0.29) is 11.8 Å². The van der Waals surface area contributed by atoms with Crippen LogP contribution in [0.3, 0.4) is 0 Å². The Kier molecular flexibility index (Phi) is 4.66.